The molecular formula is C23H24N2O6S. The molecule has 0 aliphatic carbocycles. The summed E-state index contributed by atoms with van der Waals surface area (Å²) in [6, 6.07) is 12.5. The third-order valence-electron chi connectivity index (χ3n) is 4.44. The lowest BCUT2D eigenvalue weighted by atomic mass is 10.2. The summed E-state index contributed by atoms with van der Waals surface area (Å²) in [5.74, 6) is 0.997. The molecule has 2 aromatic rings. The van der Waals surface area contributed by atoms with Gasteiger partial charge >= 0.3 is 5.97 Å². The lowest BCUT2D eigenvalue weighted by molar-refractivity contribution is -0.142. The number of esters is 1. The van der Waals surface area contributed by atoms with Gasteiger partial charge in [-0.25, -0.2) is 9.79 Å². The van der Waals surface area contributed by atoms with E-state index >= 15 is 0 Å². The Kier molecular flexibility index (Phi) is 7.77. The largest absolute Gasteiger partial charge is 0.497 e. The van der Waals surface area contributed by atoms with Gasteiger partial charge in [0.05, 0.1) is 31.4 Å². The number of aliphatic imine (C=N–C) groups is 1. The first-order valence-electron chi connectivity index (χ1n) is 9.82. The Hall–Kier alpha value is -3.46. The first kappa shape index (κ1) is 23.2. The van der Waals surface area contributed by atoms with E-state index in [1.807, 2.05) is 31.2 Å². The number of carbonyl (C=O) groups excluding carboxylic acids is 2. The summed E-state index contributed by atoms with van der Waals surface area (Å²) in [5, 5.41) is 0.578. The van der Waals surface area contributed by atoms with E-state index in [0.717, 1.165) is 17.0 Å². The van der Waals surface area contributed by atoms with Crippen molar-refractivity contribution in [1.29, 1.82) is 0 Å². The molecule has 8 nitrogen and oxygen atoms in total. The molecule has 0 N–H and O–H groups in total. The van der Waals surface area contributed by atoms with Crippen molar-refractivity contribution < 1.29 is 28.5 Å². The Balaban J connectivity index is 1.82. The molecule has 0 atom stereocenters. The predicted octanol–water partition coefficient (Wildman–Crippen LogP) is 3.88. The van der Waals surface area contributed by atoms with Crippen molar-refractivity contribution in [3.8, 4) is 17.2 Å². The lowest BCUT2D eigenvalue weighted by Gasteiger charge is -2.12. The molecule has 168 valence electrons. The molecule has 1 heterocycles. The van der Waals surface area contributed by atoms with Gasteiger partial charge in [-0.1, -0.05) is 6.07 Å². The van der Waals surface area contributed by atoms with Crippen molar-refractivity contribution >= 4 is 40.6 Å². The summed E-state index contributed by atoms with van der Waals surface area (Å²) < 4.78 is 20.9. The second kappa shape index (κ2) is 10.7. The highest BCUT2D eigenvalue weighted by molar-refractivity contribution is 8.18. The number of hydrogen-bond acceptors (Lipinski definition) is 8. The zero-order chi connectivity index (χ0) is 23.1. The maximum atomic E-state index is 12.7. The molecule has 2 aromatic carbocycles. The van der Waals surface area contributed by atoms with Crippen LogP contribution < -0.4 is 14.2 Å². The highest BCUT2D eigenvalue weighted by Gasteiger charge is 2.30. The Labute approximate surface area is 190 Å². The molecule has 0 unspecified atom stereocenters. The van der Waals surface area contributed by atoms with Crippen LogP contribution in [0.4, 0.5) is 5.69 Å². The summed E-state index contributed by atoms with van der Waals surface area (Å²) in [4.78, 5) is 30.7. The van der Waals surface area contributed by atoms with Gasteiger partial charge in [0.25, 0.3) is 5.91 Å². The van der Waals surface area contributed by atoms with E-state index in [9.17, 15) is 9.59 Å². The summed E-state index contributed by atoms with van der Waals surface area (Å²) in [6.45, 7) is 2.05. The van der Waals surface area contributed by atoms with Crippen molar-refractivity contribution in [3.05, 3.63) is 52.9 Å². The zero-order valence-electron chi connectivity index (χ0n) is 18.3. The van der Waals surface area contributed by atoms with Gasteiger partial charge in [0.15, 0.2) is 23.3 Å². The van der Waals surface area contributed by atoms with Gasteiger partial charge in [-0.05, 0) is 66.7 Å². The molecule has 0 bridgehead atoms. The topological polar surface area (TPSA) is 86.7 Å². The molecule has 0 saturated carbocycles. The molecule has 32 heavy (non-hydrogen) atoms. The molecule has 0 aromatic heterocycles. The minimum absolute atomic E-state index is 0.147. The average Bonchev–Trinajstić information content (AvgIpc) is 3.06. The Morgan fingerprint density at radius 2 is 1.84 bits per heavy atom. The number of thioether (sulfide) groups is 1. The second-order valence-corrected chi connectivity index (χ2v) is 7.58. The van der Waals surface area contributed by atoms with E-state index in [1.54, 1.807) is 38.4 Å². The van der Waals surface area contributed by atoms with E-state index in [2.05, 4.69) is 9.73 Å². The third-order valence-corrected chi connectivity index (χ3v) is 5.50. The average molecular weight is 457 g/mol. The van der Waals surface area contributed by atoms with E-state index in [4.69, 9.17) is 14.2 Å². The maximum absolute atomic E-state index is 12.7. The Morgan fingerprint density at radius 1 is 1.09 bits per heavy atom. The van der Waals surface area contributed by atoms with Gasteiger partial charge in [-0.15, -0.1) is 0 Å². The minimum Gasteiger partial charge on any atom is -0.497 e. The number of rotatable bonds is 8. The molecular weight excluding hydrogens is 432 g/mol. The van der Waals surface area contributed by atoms with E-state index in [-0.39, 0.29) is 12.5 Å². The molecule has 1 saturated heterocycles. The van der Waals surface area contributed by atoms with Crippen LogP contribution in [0.3, 0.4) is 0 Å². The number of amidine groups is 1. The van der Waals surface area contributed by atoms with Crippen molar-refractivity contribution in [3.63, 3.8) is 0 Å². The number of carbonyl (C=O) groups is 2. The van der Waals surface area contributed by atoms with E-state index in [0.29, 0.717) is 28.2 Å². The van der Waals surface area contributed by atoms with Crippen LogP contribution in [0.5, 0.6) is 17.2 Å². The SMILES string of the molecule is CCOc1cc(C=C2SC(=Nc3ccc(OC)cc3)N(C)C2=O)ccc1OCC(=O)OC. The standard InChI is InChI=1S/C23H24N2O6S/c1-5-30-19-12-15(6-11-18(19)31-14-21(26)29-4)13-20-22(27)25(2)23(32-20)24-16-7-9-17(28-3)10-8-16/h6-13H,5,14H2,1-4H3. The molecule has 1 amide bonds. The minimum atomic E-state index is -0.488. The predicted molar refractivity (Wildman–Crippen MR) is 124 cm³/mol. The quantitative estimate of drug-likeness (QED) is 0.440. The summed E-state index contributed by atoms with van der Waals surface area (Å²) in [7, 11) is 4.59. The molecule has 1 aliphatic rings. The first-order chi connectivity index (χ1) is 15.4. The molecule has 9 heteroatoms. The Bertz CT molecular complexity index is 1050. The van der Waals surface area contributed by atoms with Crippen LogP contribution in [0, 0.1) is 0 Å². The van der Waals surface area contributed by atoms with Gasteiger partial charge in [0.2, 0.25) is 0 Å². The molecule has 1 aliphatic heterocycles. The number of likely N-dealkylation sites (N-methyl/N-ethyl adjacent to an activating group) is 1. The van der Waals surface area contributed by atoms with Crippen molar-refractivity contribution in [2.75, 3.05) is 34.5 Å². The fourth-order valence-electron chi connectivity index (χ4n) is 2.77. The van der Waals surface area contributed by atoms with Gasteiger partial charge in [-0.3, -0.25) is 9.69 Å². The van der Waals surface area contributed by atoms with Crippen LogP contribution in [0.15, 0.2) is 52.4 Å². The van der Waals surface area contributed by atoms with E-state index < -0.39 is 5.97 Å². The van der Waals surface area contributed by atoms with Gasteiger partial charge < -0.3 is 18.9 Å². The molecule has 0 spiro atoms. The number of methoxy groups -OCH3 is 2. The summed E-state index contributed by atoms with van der Waals surface area (Å²) >= 11 is 1.29. The van der Waals surface area contributed by atoms with Crippen LogP contribution in [0.25, 0.3) is 6.08 Å². The van der Waals surface area contributed by atoms with Crippen molar-refractivity contribution in [2.24, 2.45) is 4.99 Å². The number of hydrogen-bond donors (Lipinski definition) is 0. The maximum Gasteiger partial charge on any atom is 0.343 e. The summed E-state index contributed by atoms with van der Waals surface area (Å²) in [5.41, 5.74) is 1.48. The molecule has 3 rings (SSSR count). The number of nitrogens with zero attached hydrogens (tertiary/aromatic N) is 2. The molecule has 1 fully saturated rings. The number of benzene rings is 2. The second-order valence-electron chi connectivity index (χ2n) is 6.57. The van der Waals surface area contributed by atoms with Gasteiger partial charge in [-0.2, -0.15) is 0 Å². The van der Waals surface area contributed by atoms with E-state index in [1.165, 1.54) is 23.8 Å². The van der Waals surface area contributed by atoms with Crippen LogP contribution >= 0.6 is 11.8 Å². The third kappa shape index (κ3) is 5.61. The number of amides is 1. The summed E-state index contributed by atoms with van der Waals surface area (Å²) in [6.07, 6.45) is 1.77. The van der Waals surface area contributed by atoms with Crippen LogP contribution in [-0.4, -0.2) is 56.4 Å². The highest BCUT2D eigenvalue weighted by Crippen LogP contribution is 2.35. The highest BCUT2D eigenvalue weighted by atomic mass is 32.2. The normalized spacial score (nSPS) is 15.9. The Morgan fingerprint density at radius 3 is 2.50 bits per heavy atom. The fourth-order valence-corrected chi connectivity index (χ4v) is 3.75. The van der Waals surface area contributed by atoms with Gasteiger partial charge in [0, 0.05) is 7.05 Å². The van der Waals surface area contributed by atoms with Crippen molar-refractivity contribution in [2.45, 2.75) is 6.92 Å². The lowest BCUT2D eigenvalue weighted by Crippen LogP contribution is -2.23. The number of ether oxygens (including phenoxy) is 4. The molecule has 0 radical (unpaired) electrons. The monoisotopic (exact) mass is 456 g/mol. The van der Waals surface area contributed by atoms with Crippen molar-refractivity contribution in [1.82, 2.24) is 4.90 Å². The van der Waals surface area contributed by atoms with Crippen LogP contribution in [0.2, 0.25) is 0 Å². The van der Waals surface area contributed by atoms with Crippen LogP contribution in [0.1, 0.15) is 12.5 Å². The van der Waals surface area contributed by atoms with Gasteiger partial charge in [0.1, 0.15) is 5.75 Å². The smallest absolute Gasteiger partial charge is 0.343 e. The fraction of sp³-hybridized carbons (Fsp3) is 0.261. The zero-order valence-corrected chi connectivity index (χ0v) is 19.1. The first-order valence-corrected chi connectivity index (χ1v) is 10.6. The van der Waals surface area contributed by atoms with Crippen LogP contribution in [-0.2, 0) is 14.3 Å².